The Morgan fingerprint density at radius 1 is 1.04 bits per heavy atom. The molecule has 0 aliphatic heterocycles. The molecule has 1 N–H and O–H groups in total. The first-order valence-electron chi connectivity index (χ1n) is 8.38. The summed E-state index contributed by atoms with van der Waals surface area (Å²) in [6.45, 7) is 2.78. The Hall–Kier alpha value is -2.51. The van der Waals surface area contributed by atoms with Crippen molar-refractivity contribution >= 4 is 11.8 Å². The molecule has 136 valence electrons. The molecule has 1 atom stereocenters. The number of benzene rings is 2. The van der Waals surface area contributed by atoms with Crippen LogP contribution in [0, 0.1) is 0 Å². The second-order valence-electron chi connectivity index (χ2n) is 5.49. The van der Waals surface area contributed by atoms with E-state index in [2.05, 4.69) is 10.1 Å². The molecule has 1 aromatic heterocycles. The zero-order valence-electron chi connectivity index (χ0n) is 14.5. The van der Waals surface area contributed by atoms with Crippen LogP contribution in [0.4, 0.5) is 0 Å². The van der Waals surface area contributed by atoms with E-state index < -0.39 is 6.10 Å². The van der Waals surface area contributed by atoms with Crippen molar-refractivity contribution < 1.29 is 14.6 Å². The van der Waals surface area contributed by atoms with E-state index in [1.807, 2.05) is 61.5 Å². The number of aliphatic hydroxyl groups excluding tert-OH is 1. The first-order valence-corrected chi connectivity index (χ1v) is 9.37. The van der Waals surface area contributed by atoms with Gasteiger partial charge in [-0.05, 0) is 43.3 Å². The summed E-state index contributed by atoms with van der Waals surface area (Å²) in [4.78, 5) is 4.26. The van der Waals surface area contributed by atoms with Gasteiger partial charge in [0, 0.05) is 5.75 Å². The van der Waals surface area contributed by atoms with E-state index in [1.165, 1.54) is 11.8 Å². The van der Waals surface area contributed by atoms with Crippen LogP contribution in [-0.4, -0.2) is 44.9 Å². The number of hydrogen-bond acceptors (Lipinski definition) is 6. The zero-order chi connectivity index (χ0) is 18.2. The van der Waals surface area contributed by atoms with Gasteiger partial charge in [-0.25, -0.2) is 9.67 Å². The molecular weight excluding hydrogens is 350 g/mol. The number of nitrogens with zero attached hydrogens (tertiary/aromatic N) is 3. The lowest BCUT2D eigenvalue weighted by Gasteiger charge is -2.11. The summed E-state index contributed by atoms with van der Waals surface area (Å²) in [5.41, 5.74) is 0.950. The number of aliphatic hydroxyl groups is 1. The fraction of sp³-hybridized carbons (Fsp3) is 0.263. The Balaban J connectivity index is 1.44. The van der Waals surface area contributed by atoms with Gasteiger partial charge in [-0.15, -0.1) is 5.10 Å². The monoisotopic (exact) mass is 371 g/mol. The van der Waals surface area contributed by atoms with Gasteiger partial charge in [0.1, 0.15) is 24.4 Å². The SMILES string of the molecule is CCOc1ccc(OCC(O)CSc2ncn(-c3ccccc3)n2)cc1. The molecule has 0 fully saturated rings. The van der Waals surface area contributed by atoms with Gasteiger partial charge in [-0.2, -0.15) is 0 Å². The van der Waals surface area contributed by atoms with E-state index in [0.29, 0.717) is 23.3 Å². The average molecular weight is 371 g/mol. The standard InChI is InChI=1S/C19H21N3O3S/c1-2-24-17-8-10-18(11-9-17)25-12-16(23)13-26-19-20-14-22(21-19)15-6-4-3-5-7-15/h3-11,14,16,23H,2,12-13H2,1H3. The molecule has 0 bridgehead atoms. The fourth-order valence-corrected chi connectivity index (χ4v) is 2.93. The number of aromatic nitrogens is 3. The molecule has 0 aliphatic carbocycles. The summed E-state index contributed by atoms with van der Waals surface area (Å²) < 4.78 is 12.7. The van der Waals surface area contributed by atoms with E-state index in [4.69, 9.17) is 9.47 Å². The summed E-state index contributed by atoms with van der Waals surface area (Å²) in [5.74, 6) is 1.95. The minimum absolute atomic E-state index is 0.209. The van der Waals surface area contributed by atoms with Crippen molar-refractivity contribution in [2.24, 2.45) is 0 Å². The van der Waals surface area contributed by atoms with Crippen LogP contribution in [0.25, 0.3) is 5.69 Å². The van der Waals surface area contributed by atoms with Crippen molar-refractivity contribution in [1.82, 2.24) is 14.8 Å². The lowest BCUT2D eigenvalue weighted by atomic mass is 10.3. The summed E-state index contributed by atoms with van der Waals surface area (Å²) in [6.07, 6.45) is 1.05. The van der Waals surface area contributed by atoms with Crippen molar-refractivity contribution in [3.63, 3.8) is 0 Å². The van der Waals surface area contributed by atoms with Crippen molar-refractivity contribution in [2.45, 2.75) is 18.2 Å². The average Bonchev–Trinajstić information content (AvgIpc) is 3.16. The molecule has 1 unspecified atom stereocenters. The van der Waals surface area contributed by atoms with E-state index in [-0.39, 0.29) is 6.61 Å². The first-order chi connectivity index (χ1) is 12.7. The van der Waals surface area contributed by atoms with Gasteiger partial charge >= 0.3 is 0 Å². The van der Waals surface area contributed by atoms with Crippen molar-refractivity contribution in [1.29, 1.82) is 0 Å². The van der Waals surface area contributed by atoms with Gasteiger partial charge in [0.25, 0.3) is 0 Å². The van der Waals surface area contributed by atoms with Gasteiger partial charge in [0.15, 0.2) is 0 Å². The second kappa shape index (κ2) is 9.26. The Bertz CT molecular complexity index is 793. The third-order valence-corrected chi connectivity index (χ3v) is 4.47. The van der Waals surface area contributed by atoms with Gasteiger partial charge in [-0.3, -0.25) is 0 Å². The van der Waals surface area contributed by atoms with Crippen LogP contribution in [-0.2, 0) is 0 Å². The molecule has 26 heavy (non-hydrogen) atoms. The predicted octanol–water partition coefficient (Wildman–Crippen LogP) is 3.20. The number of rotatable bonds is 9. The normalized spacial score (nSPS) is 11.9. The Morgan fingerprint density at radius 2 is 1.73 bits per heavy atom. The van der Waals surface area contributed by atoms with E-state index in [1.54, 1.807) is 11.0 Å². The Morgan fingerprint density at radius 3 is 2.42 bits per heavy atom. The molecule has 0 aliphatic rings. The molecule has 0 saturated carbocycles. The van der Waals surface area contributed by atoms with Gasteiger partial charge in [0.05, 0.1) is 18.4 Å². The predicted molar refractivity (Wildman–Crippen MR) is 101 cm³/mol. The van der Waals surface area contributed by atoms with E-state index >= 15 is 0 Å². The molecule has 0 radical (unpaired) electrons. The van der Waals surface area contributed by atoms with Crippen LogP contribution in [0.1, 0.15) is 6.92 Å². The highest BCUT2D eigenvalue weighted by Crippen LogP contribution is 2.19. The molecule has 2 aromatic carbocycles. The highest BCUT2D eigenvalue weighted by Gasteiger charge is 2.10. The maximum atomic E-state index is 10.1. The molecular formula is C19H21N3O3S. The summed E-state index contributed by atoms with van der Waals surface area (Å²) in [6, 6.07) is 17.1. The zero-order valence-corrected chi connectivity index (χ0v) is 15.3. The quantitative estimate of drug-likeness (QED) is 0.583. The maximum Gasteiger partial charge on any atom is 0.208 e. The number of para-hydroxylation sites is 1. The van der Waals surface area contributed by atoms with Crippen molar-refractivity contribution in [3.05, 3.63) is 60.9 Å². The first kappa shape index (κ1) is 18.3. The smallest absolute Gasteiger partial charge is 0.208 e. The largest absolute Gasteiger partial charge is 0.494 e. The van der Waals surface area contributed by atoms with Crippen LogP contribution < -0.4 is 9.47 Å². The van der Waals surface area contributed by atoms with Crippen molar-refractivity contribution in [3.8, 4) is 17.2 Å². The van der Waals surface area contributed by atoms with E-state index in [9.17, 15) is 5.11 Å². The molecule has 3 aromatic rings. The summed E-state index contributed by atoms with van der Waals surface area (Å²) in [5, 5.41) is 15.1. The van der Waals surface area contributed by atoms with Crippen molar-refractivity contribution in [2.75, 3.05) is 19.0 Å². The van der Waals surface area contributed by atoms with Crippen LogP contribution >= 0.6 is 11.8 Å². The Labute approximate surface area is 156 Å². The second-order valence-corrected chi connectivity index (χ2v) is 6.47. The van der Waals surface area contributed by atoms with Crippen LogP contribution in [0.2, 0.25) is 0 Å². The minimum Gasteiger partial charge on any atom is -0.494 e. The third kappa shape index (κ3) is 5.24. The minimum atomic E-state index is -0.616. The number of thioether (sulfide) groups is 1. The van der Waals surface area contributed by atoms with Gasteiger partial charge < -0.3 is 14.6 Å². The van der Waals surface area contributed by atoms with E-state index in [0.717, 1.165) is 11.4 Å². The highest BCUT2D eigenvalue weighted by molar-refractivity contribution is 7.99. The molecule has 0 saturated heterocycles. The molecule has 3 rings (SSSR count). The third-order valence-electron chi connectivity index (χ3n) is 3.47. The van der Waals surface area contributed by atoms with Crippen LogP contribution in [0.15, 0.2) is 66.1 Å². The summed E-state index contributed by atoms with van der Waals surface area (Å²) in [7, 11) is 0. The maximum absolute atomic E-state index is 10.1. The lowest BCUT2D eigenvalue weighted by Crippen LogP contribution is -2.20. The lowest BCUT2D eigenvalue weighted by molar-refractivity contribution is 0.126. The van der Waals surface area contributed by atoms with Gasteiger partial charge in [0.2, 0.25) is 5.16 Å². The molecule has 6 nitrogen and oxygen atoms in total. The van der Waals surface area contributed by atoms with Gasteiger partial charge in [-0.1, -0.05) is 30.0 Å². The molecule has 0 amide bonds. The number of ether oxygens (including phenoxy) is 2. The highest BCUT2D eigenvalue weighted by atomic mass is 32.2. The molecule has 1 heterocycles. The molecule has 0 spiro atoms. The Kier molecular flexibility index (Phi) is 6.51. The summed E-state index contributed by atoms with van der Waals surface area (Å²) >= 11 is 1.40. The fourth-order valence-electron chi connectivity index (χ4n) is 2.23. The molecule has 7 heteroatoms. The number of hydrogen-bond donors (Lipinski definition) is 1. The topological polar surface area (TPSA) is 69.4 Å². The van der Waals surface area contributed by atoms with Crippen LogP contribution in [0.5, 0.6) is 11.5 Å². The van der Waals surface area contributed by atoms with Crippen LogP contribution in [0.3, 0.4) is 0 Å².